The molecular weight excluding hydrogens is 380 g/mol. The quantitative estimate of drug-likeness (QED) is 0.525. The Balaban J connectivity index is 1.48. The number of carbonyl (C=O) groups excluding carboxylic acids is 1. The third-order valence-corrected chi connectivity index (χ3v) is 6.96. The van der Waals surface area contributed by atoms with Crippen molar-refractivity contribution in [3.8, 4) is 0 Å². The molecule has 8 heteroatoms. The van der Waals surface area contributed by atoms with Gasteiger partial charge < -0.3 is 5.32 Å². The fourth-order valence-electron chi connectivity index (χ4n) is 3.32. The summed E-state index contributed by atoms with van der Waals surface area (Å²) in [5.41, 5.74) is 2.21. The van der Waals surface area contributed by atoms with Gasteiger partial charge in [-0.15, -0.1) is 11.3 Å². The van der Waals surface area contributed by atoms with Crippen molar-refractivity contribution in [3.05, 3.63) is 50.9 Å². The predicted molar refractivity (Wildman–Crippen MR) is 107 cm³/mol. The van der Waals surface area contributed by atoms with E-state index in [0.29, 0.717) is 11.7 Å². The second-order valence-corrected chi connectivity index (χ2v) is 8.65. The minimum atomic E-state index is -0.0799. The first-order chi connectivity index (χ1) is 13.1. The van der Waals surface area contributed by atoms with Gasteiger partial charge in [-0.1, -0.05) is 11.8 Å². The number of nitrogens with zero attached hydrogens (tertiary/aromatic N) is 2. The molecule has 1 amide bonds. The molecule has 0 fully saturated rings. The molecule has 0 radical (unpaired) electrons. The number of aryl methyl sites for hydroxylation is 2. The van der Waals surface area contributed by atoms with Crippen LogP contribution in [0.15, 0.2) is 34.5 Å². The Morgan fingerprint density at radius 3 is 3.07 bits per heavy atom. The average molecular weight is 402 g/mol. The van der Waals surface area contributed by atoms with E-state index in [2.05, 4.69) is 10.3 Å². The standard InChI is InChI=1S/C19H20N4O2S2/c1-23-18(25)16-13-6-2-3-7-14(13)27-17(16)22-19(23)26-11-15(24)21-10-12-5-4-8-20-9-12/h4-5,8-9H,2-3,6-7,10-11H2,1H3,(H,21,24)/p+1. The van der Waals surface area contributed by atoms with Crippen molar-refractivity contribution in [2.24, 2.45) is 7.05 Å². The van der Waals surface area contributed by atoms with Crippen molar-refractivity contribution >= 4 is 39.2 Å². The molecule has 0 bridgehead atoms. The third kappa shape index (κ3) is 3.77. The van der Waals surface area contributed by atoms with Crippen LogP contribution in [0.5, 0.6) is 0 Å². The highest BCUT2D eigenvalue weighted by Gasteiger charge is 2.21. The minimum Gasteiger partial charge on any atom is -0.351 e. The molecule has 0 saturated heterocycles. The van der Waals surface area contributed by atoms with Crippen molar-refractivity contribution in [2.45, 2.75) is 37.4 Å². The van der Waals surface area contributed by atoms with E-state index in [0.717, 1.165) is 35.0 Å². The van der Waals surface area contributed by atoms with Crippen molar-refractivity contribution in [3.63, 3.8) is 0 Å². The average Bonchev–Trinajstić information content (AvgIpc) is 3.07. The van der Waals surface area contributed by atoms with Crippen molar-refractivity contribution in [1.29, 1.82) is 0 Å². The summed E-state index contributed by atoms with van der Waals surface area (Å²) in [4.78, 5) is 34.8. The Labute approximate surface area is 165 Å². The molecular formula is C19H21N4O2S2+. The number of pyridine rings is 1. The smallest absolute Gasteiger partial charge is 0.262 e. The van der Waals surface area contributed by atoms with Gasteiger partial charge in [0.1, 0.15) is 4.83 Å². The van der Waals surface area contributed by atoms with Gasteiger partial charge in [0.25, 0.3) is 5.56 Å². The number of amides is 1. The van der Waals surface area contributed by atoms with E-state index in [-0.39, 0.29) is 17.2 Å². The molecule has 1 aliphatic carbocycles. The zero-order valence-electron chi connectivity index (χ0n) is 15.1. The van der Waals surface area contributed by atoms with E-state index < -0.39 is 0 Å². The molecule has 0 atom stereocenters. The first-order valence-corrected chi connectivity index (χ1v) is 10.8. The van der Waals surface area contributed by atoms with Crippen LogP contribution < -0.4 is 15.9 Å². The Morgan fingerprint density at radius 2 is 2.26 bits per heavy atom. The lowest BCUT2D eigenvalue weighted by atomic mass is 9.97. The van der Waals surface area contributed by atoms with Gasteiger partial charge >= 0.3 is 0 Å². The number of hydrogen-bond donors (Lipinski definition) is 1. The third-order valence-electron chi connectivity index (χ3n) is 4.75. The summed E-state index contributed by atoms with van der Waals surface area (Å²) in [5.74, 6) is 0.150. The molecule has 0 spiro atoms. The fraction of sp³-hybridized carbons (Fsp3) is 0.368. The summed E-state index contributed by atoms with van der Waals surface area (Å²) < 4.78 is 1.58. The second kappa shape index (κ2) is 7.82. The lowest BCUT2D eigenvalue weighted by molar-refractivity contribution is -0.378. The maximum Gasteiger partial charge on any atom is 0.262 e. The van der Waals surface area contributed by atoms with Crippen LogP contribution in [0, 0.1) is 0 Å². The molecule has 0 saturated carbocycles. The molecule has 4 rings (SSSR count). The van der Waals surface area contributed by atoms with Crippen LogP contribution in [0.3, 0.4) is 0 Å². The van der Waals surface area contributed by atoms with Crippen LogP contribution >= 0.6 is 23.1 Å². The van der Waals surface area contributed by atoms with Crippen molar-refractivity contribution < 1.29 is 9.78 Å². The molecule has 2 N–H and O–H groups in total. The van der Waals surface area contributed by atoms with Crippen LogP contribution in [0.25, 0.3) is 10.2 Å². The highest BCUT2D eigenvalue weighted by atomic mass is 32.2. The topological polar surface area (TPSA) is 78.1 Å². The van der Waals surface area contributed by atoms with Crippen LogP contribution in [0.2, 0.25) is 0 Å². The fourth-order valence-corrected chi connectivity index (χ4v) is 5.42. The van der Waals surface area contributed by atoms with E-state index in [1.165, 1.54) is 28.6 Å². The lowest BCUT2D eigenvalue weighted by Gasteiger charge is -2.11. The highest BCUT2D eigenvalue weighted by molar-refractivity contribution is 7.99. The van der Waals surface area contributed by atoms with Gasteiger partial charge in [0.15, 0.2) is 17.6 Å². The molecule has 27 heavy (non-hydrogen) atoms. The van der Waals surface area contributed by atoms with E-state index in [1.807, 2.05) is 24.5 Å². The second-order valence-electron chi connectivity index (χ2n) is 6.63. The first-order valence-electron chi connectivity index (χ1n) is 8.99. The van der Waals surface area contributed by atoms with Gasteiger partial charge in [-0.2, -0.15) is 0 Å². The first kappa shape index (κ1) is 18.2. The number of thiophene rings is 1. The zero-order chi connectivity index (χ0) is 18.8. The number of thioether (sulfide) groups is 1. The minimum absolute atomic E-state index is 0.00197. The summed E-state index contributed by atoms with van der Waals surface area (Å²) >= 11 is 2.94. The van der Waals surface area contributed by atoms with Crippen molar-refractivity contribution in [2.75, 3.05) is 5.75 Å². The summed E-state index contributed by atoms with van der Waals surface area (Å²) in [6, 6.07) is 3.84. The number of fused-ring (bicyclic) bond motifs is 3. The summed E-state index contributed by atoms with van der Waals surface area (Å²) in [6.07, 6.45) is 8.01. The number of H-pyrrole nitrogens is 1. The summed E-state index contributed by atoms with van der Waals surface area (Å²) in [6.45, 7) is 0.472. The van der Waals surface area contributed by atoms with Crippen LogP contribution in [0.1, 0.15) is 28.8 Å². The summed E-state index contributed by atoms with van der Waals surface area (Å²) in [5, 5.41) is 4.26. The van der Waals surface area contributed by atoms with Crippen molar-refractivity contribution in [1.82, 2.24) is 14.9 Å². The number of aromatic nitrogens is 3. The Hall–Kier alpha value is -2.19. The van der Waals surface area contributed by atoms with E-state index in [9.17, 15) is 9.59 Å². The van der Waals surface area contributed by atoms with Gasteiger partial charge in [0.2, 0.25) is 5.91 Å². The zero-order valence-corrected chi connectivity index (χ0v) is 16.7. The Kier molecular flexibility index (Phi) is 5.27. The molecule has 140 valence electrons. The number of rotatable bonds is 5. The van der Waals surface area contributed by atoms with E-state index in [1.54, 1.807) is 23.0 Å². The molecule has 3 aromatic heterocycles. The van der Waals surface area contributed by atoms with Gasteiger partial charge in [-0.25, -0.2) is 9.97 Å². The maximum atomic E-state index is 12.8. The monoisotopic (exact) mass is 401 g/mol. The van der Waals surface area contributed by atoms with Crippen LogP contribution in [-0.2, 0) is 31.2 Å². The van der Waals surface area contributed by atoms with Crippen LogP contribution in [-0.4, -0.2) is 21.2 Å². The molecule has 0 aromatic carbocycles. The number of aromatic amines is 1. The molecule has 1 aliphatic rings. The number of nitrogens with one attached hydrogen (secondary N) is 2. The van der Waals surface area contributed by atoms with E-state index in [4.69, 9.17) is 4.98 Å². The van der Waals surface area contributed by atoms with Gasteiger partial charge in [-0.3, -0.25) is 14.2 Å². The highest BCUT2D eigenvalue weighted by Crippen LogP contribution is 2.34. The van der Waals surface area contributed by atoms with Gasteiger partial charge in [0, 0.05) is 30.1 Å². The van der Waals surface area contributed by atoms with Crippen LogP contribution in [0.4, 0.5) is 0 Å². The molecule has 0 unspecified atom stereocenters. The van der Waals surface area contributed by atoms with Gasteiger partial charge in [0.05, 0.1) is 11.1 Å². The van der Waals surface area contributed by atoms with E-state index >= 15 is 0 Å². The predicted octanol–water partition coefficient (Wildman–Crippen LogP) is 2.10. The molecule has 0 aliphatic heterocycles. The lowest BCUT2D eigenvalue weighted by Crippen LogP contribution is -2.26. The largest absolute Gasteiger partial charge is 0.351 e. The summed E-state index contributed by atoms with van der Waals surface area (Å²) in [7, 11) is 1.74. The maximum absolute atomic E-state index is 12.8. The number of carbonyl (C=O) groups is 1. The SMILES string of the molecule is Cn1c(SCC(=O)NCc2ccc[nH+]c2)nc2sc3c(c2c1=O)CCCC3. The van der Waals surface area contributed by atoms with Gasteiger partial charge in [-0.05, 0) is 37.3 Å². The molecule has 6 nitrogen and oxygen atoms in total. The Morgan fingerprint density at radius 1 is 1.41 bits per heavy atom. The number of hydrogen-bond acceptors (Lipinski definition) is 5. The normalized spacial score (nSPS) is 13.5. The molecule has 3 heterocycles. The molecule has 3 aromatic rings. The Bertz CT molecular complexity index is 1040.